The second kappa shape index (κ2) is 13.9. The number of fused-ring (bicyclic) bond motifs is 1. The van der Waals surface area contributed by atoms with Crippen molar-refractivity contribution in [3.8, 4) is 0 Å². The summed E-state index contributed by atoms with van der Waals surface area (Å²) in [6, 6.07) is -1.10. The van der Waals surface area contributed by atoms with Gasteiger partial charge in [-0.25, -0.2) is 19.4 Å². The molecule has 0 bridgehead atoms. The Labute approximate surface area is 254 Å². The van der Waals surface area contributed by atoms with E-state index in [1.165, 1.54) is 43.1 Å². The number of thioether (sulfide) groups is 1. The van der Waals surface area contributed by atoms with Gasteiger partial charge in [-0.05, 0) is 25.7 Å². The summed E-state index contributed by atoms with van der Waals surface area (Å²) >= 11 is 2.23. The fourth-order valence-electron chi connectivity index (χ4n) is 4.59. The highest BCUT2D eigenvalue weighted by Crippen LogP contribution is 2.41. The molecular formula is C25H32N6O10S2. The molecule has 3 aliphatic rings. The molecule has 4 N–H and O–H groups in total. The predicted molar refractivity (Wildman–Crippen MR) is 152 cm³/mol. The molecule has 1 aliphatic carbocycles. The normalized spacial score (nSPS) is 21.2. The van der Waals surface area contributed by atoms with E-state index < -0.39 is 53.4 Å². The molecule has 18 heteroatoms. The first-order chi connectivity index (χ1) is 20.5. The number of thiazole rings is 1. The maximum absolute atomic E-state index is 13.4. The van der Waals surface area contributed by atoms with Crippen LogP contribution in [-0.4, -0.2) is 106 Å². The summed E-state index contributed by atoms with van der Waals surface area (Å²) in [6.45, 7) is 0.997. The molecule has 2 aliphatic heterocycles. The van der Waals surface area contributed by atoms with Gasteiger partial charge in [-0.2, -0.15) is 0 Å². The van der Waals surface area contributed by atoms with Gasteiger partial charge in [-0.15, -0.1) is 23.1 Å². The monoisotopic (exact) mass is 640 g/mol. The Kier molecular flexibility index (Phi) is 10.3. The van der Waals surface area contributed by atoms with E-state index in [1.807, 2.05) is 0 Å². The van der Waals surface area contributed by atoms with E-state index >= 15 is 0 Å². The van der Waals surface area contributed by atoms with E-state index in [0.717, 1.165) is 48.3 Å². The first-order valence-corrected chi connectivity index (χ1v) is 15.3. The lowest BCUT2D eigenvalue weighted by atomic mass is 9.98. The van der Waals surface area contributed by atoms with Gasteiger partial charge < -0.3 is 40.1 Å². The van der Waals surface area contributed by atoms with E-state index in [4.69, 9.17) is 24.7 Å². The van der Waals surface area contributed by atoms with Crippen LogP contribution in [0.4, 0.5) is 14.7 Å². The van der Waals surface area contributed by atoms with Crippen molar-refractivity contribution >= 4 is 64.0 Å². The van der Waals surface area contributed by atoms with Crippen molar-refractivity contribution < 1.29 is 48.1 Å². The first-order valence-electron chi connectivity index (χ1n) is 13.3. The molecule has 1 saturated heterocycles. The number of rotatable bonds is 9. The first kappa shape index (κ1) is 31.9. The lowest BCUT2D eigenvalue weighted by Gasteiger charge is -2.49. The van der Waals surface area contributed by atoms with Crippen LogP contribution in [0.3, 0.4) is 0 Å². The summed E-state index contributed by atoms with van der Waals surface area (Å²) in [5.74, 6) is -2.43. The molecule has 1 aromatic heterocycles. The summed E-state index contributed by atoms with van der Waals surface area (Å²) in [5, 5.41) is 15.7. The van der Waals surface area contributed by atoms with E-state index in [0.29, 0.717) is 0 Å². The highest BCUT2D eigenvalue weighted by molar-refractivity contribution is 8.00. The van der Waals surface area contributed by atoms with Gasteiger partial charge in [0.1, 0.15) is 35.5 Å². The number of anilines is 1. The number of carbonyl (C=O) groups is 5. The zero-order valence-corrected chi connectivity index (χ0v) is 25.3. The Balaban J connectivity index is 1.46. The maximum Gasteiger partial charge on any atom is 0.511 e. The third-order valence-electron chi connectivity index (χ3n) is 6.69. The van der Waals surface area contributed by atoms with Crippen molar-refractivity contribution in [3.05, 3.63) is 22.3 Å². The Morgan fingerprint density at radius 2 is 1.95 bits per heavy atom. The van der Waals surface area contributed by atoms with Crippen LogP contribution in [0.1, 0.15) is 44.7 Å². The molecule has 1 unspecified atom stereocenters. The average Bonchev–Trinajstić information content (AvgIpc) is 3.39. The third kappa shape index (κ3) is 7.48. The van der Waals surface area contributed by atoms with Crippen molar-refractivity contribution in [2.45, 2.75) is 62.8 Å². The third-order valence-corrected chi connectivity index (χ3v) is 8.71. The summed E-state index contributed by atoms with van der Waals surface area (Å²) in [6.07, 6.45) is 1.11. The van der Waals surface area contributed by atoms with Crippen LogP contribution in [0.2, 0.25) is 0 Å². The quantitative estimate of drug-likeness (QED) is 0.0667. The van der Waals surface area contributed by atoms with Crippen LogP contribution < -0.4 is 11.1 Å². The van der Waals surface area contributed by atoms with Crippen molar-refractivity contribution in [2.24, 2.45) is 5.16 Å². The van der Waals surface area contributed by atoms with Gasteiger partial charge in [0.05, 0.1) is 0 Å². The molecule has 234 valence electrons. The zero-order chi connectivity index (χ0) is 31.3. The summed E-state index contributed by atoms with van der Waals surface area (Å²) in [7, 11) is 2.97. The number of ether oxygens (including phenoxy) is 4. The Bertz CT molecular complexity index is 1330. The van der Waals surface area contributed by atoms with Crippen molar-refractivity contribution in [1.82, 2.24) is 20.1 Å². The second-order valence-corrected chi connectivity index (χ2v) is 12.0. The van der Waals surface area contributed by atoms with E-state index in [2.05, 4.69) is 15.5 Å². The Hall–Kier alpha value is -4.06. The summed E-state index contributed by atoms with van der Waals surface area (Å²) in [4.78, 5) is 70.0. The molecule has 3 amide bonds. The number of nitrogens with one attached hydrogen (secondary N) is 1. The van der Waals surface area contributed by atoms with Crippen LogP contribution in [0.15, 0.2) is 21.8 Å². The molecule has 3 atom stereocenters. The molecular weight excluding hydrogens is 608 g/mol. The smallest absolute Gasteiger partial charge is 0.445 e. The molecule has 3 heterocycles. The minimum atomic E-state index is -1.37. The van der Waals surface area contributed by atoms with Crippen LogP contribution in [0.5, 0.6) is 0 Å². The lowest BCUT2D eigenvalue weighted by molar-refractivity contribution is -0.170. The minimum Gasteiger partial charge on any atom is -0.445 e. The lowest BCUT2D eigenvalue weighted by Crippen LogP contribution is -2.71. The number of nitrogen functional groups attached to an aromatic ring is 1. The highest BCUT2D eigenvalue weighted by Gasteiger charge is 2.55. The van der Waals surface area contributed by atoms with Gasteiger partial charge in [-0.3, -0.25) is 14.5 Å². The summed E-state index contributed by atoms with van der Waals surface area (Å²) < 4.78 is 21.0. The van der Waals surface area contributed by atoms with E-state index in [9.17, 15) is 29.2 Å². The zero-order valence-electron chi connectivity index (χ0n) is 23.6. The van der Waals surface area contributed by atoms with Gasteiger partial charge in [0.15, 0.2) is 10.8 Å². The van der Waals surface area contributed by atoms with Gasteiger partial charge in [0.25, 0.3) is 11.8 Å². The van der Waals surface area contributed by atoms with E-state index in [-0.39, 0.29) is 40.6 Å². The van der Waals surface area contributed by atoms with Crippen LogP contribution in [-0.2, 0) is 33.3 Å². The van der Waals surface area contributed by atoms with Crippen molar-refractivity contribution in [2.75, 3.05) is 32.2 Å². The fraction of sp³-hybridized carbons (Fsp3) is 0.560. The number of nitrogens with two attached hydrogens (primary N) is 1. The Morgan fingerprint density at radius 1 is 1.23 bits per heavy atom. The van der Waals surface area contributed by atoms with Gasteiger partial charge in [0.2, 0.25) is 6.29 Å². The summed E-state index contributed by atoms with van der Waals surface area (Å²) in [5.41, 5.74) is 5.24. The average molecular weight is 641 g/mol. The Morgan fingerprint density at radius 3 is 2.58 bits per heavy atom. The standard InChI is InChI=1S/C25H32N6O10S2/c1-12(40-25(36)41-14-7-5-4-6-8-14)39-22(34)18-13(9-38-24(35)30(2)3)10-42-21-17(20(33)31(18)21)28-19(32)16(29-37)15-11-43-23(26)27-15/h11-12,14,17,21,37H,4-10H2,1-3H3,(H2,26,27)(H,28,32)/b29-16-/t12?,17-,21-/m1/s1. The minimum absolute atomic E-state index is 0.0209. The number of carbonyl (C=O) groups excluding carboxylic acids is 5. The van der Waals surface area contributed by atoms with Crippen LogP contribution in [0, 0.1) is 0 Å². The molecule has 1 saturated carbocycles. The number of oxime groups is 1. The van der Waals surface area contributed by atoms with Crippen LogP contribution in [0.25, 0.3) is 0 Å². The number of esters is 1. The largest absolute Gasteiger partial charge is 0.511 e. The number of β-lactam (4-membered cyclic amide) rings is 1. The SMILES string of the molecule is CC(OC(=O)OC1CCCCC1)OC(=O)C1=C(COC(=O)N(C)C)CS[C@@H]2[C@H](NC(=O)/C(=N\O)c3csc(N)n3)C(=O)N12. The van der Waals surface area contributed by atoms with Gasteiger partial charge in [-0.1, -0.05) is 11.6 Å². The van der Waals surface area contributed by atoms with Gasteiger partial charge in [0, 0.05) is 37.7 Å². The van der Waals surface area contributed by atoms with Crippen molar-refractivity contribution in [1.29, 1.82) is 0 Å². The number of amides is 3. The molecule has 4 rings (SSSR count). The van der Waals surface area contributed by atoms with Crippen molar-refractivity contribution in [3.63, 3.8) is 0 Å². The van der Waals surface area contributed by atoms with Gasteiger partial charge >= 0.3 is 18.2 Å². The van der Waals surface area contributed by atoms with Crippen LogP contribution >= 0.6 is 23.1 Å². The molecule has 0 radical (unpaired) electrons. The molecule has 0 spiro atoms. The number of aromatic nitrogens is 1. The molecule has 0 aromatic carbocycles. The highest BCUT2D eigenvalue weighted by atomic mass is 32.2. The molecule has 1 aromatic rings. The molecule has 16 nitrogen and oxygen atoms in total. The second-order valence-electron chi connectivity index (χ2n) is 10.0. The topological polar surface area (TPSA) is 212 Å². The molecule has 43 heavy (non-hydrogen) atoms. The number of nitrogens with zero attached hydrogens (tertiary/aromatic N) is 4. The fourth-order valence-corrected chi connectivity index (χ4v) is 6.47. The maximum atomic E-state index is 13.4. The predicted octanol–water partition coefficient (Wildman–Crippen LogP) is 1.63. The van der Waals surface area contributed by atoms with E-state index in [1.54, 1.807) is 0 Å². The number of hydrogen-bond donors (Lipinski definition) is 3. The molecule has 2 fully saturated rings. The number of hydrogen-bond acceptors (Lipinski definition) is 15.